The highest BCUT2D eigenvalue weighted by Gasteiger charge is 2.18. The lowest BCUT2D eigenvalue weighted by Gasteiger charge is -2.08. The van der Waals surface area contributed by atoms with Gasteiger partial charge in [-0.05, 0) is 35.4 Å². The molecule has 0 spiro atoms. The minimum atomic E-state index is -0.240. The van der Waals surface area contributed by atoms with E-state index < -0.39 is 0 Å². The first-order valence-corrected chi connectivity index (χ1v) is 8.73. The van der Waals surface area contributed by atoms with Gasteiger partial charge in [-0.2, -0.15) is 5.11 Å². The van der Waals surface area contributed by atoms with Crippen molar-refractivity contribution in [3.05, 3.63) is 89.6 Å². The zero-order chi connectivity index (χ0) is 18.5. The van der Waals surface area contributed by atoms with Gasteiger partial charge in [-0.3, -0.25) is 0 Å². The molecule has 0 radical (unpaired) electrons. The zero-order valence-corrected chi connectivity index (χ0v) is 14.7. The first-order chi connectivity index (χ1) is 13.3. The number of anilines is 1. The van der Waals surface area contributed by atoms with Crippen molar-refractivity contribution < 1.29 is 4.74 Å². The van der Waals surface area contributed by atoms with Crippen LogP contribution in [0.1, 0.15) is 16.7 Å². The number of ether oxygens (including phenoxy) is 1. The monoisotopic (exact) mass is 357 g/mol. The van der Waals surface area contributed by atoms with Crippen LogP contribution in [0.15, 0.2) is 88.1 Å². The molecule has 0 bridgehead atoms. The number of amidine groups is 1. The van der Waals surface area contributed by atoms with Crippen LogP contribution in [-0.2, 0) is 13.0 Å². The number of pyridine rings is 1. The second-order valence-corrected chi connectivity index (χ2v) is 6.21. The molecule has 1 aromatic heterocycles. The smallest absolute Gasteiger partial charge is 0.182 e. The highest BCUT2D eigenvalue weighted by Crippen LogP contribution is 2.20. The number of nitrogens with two attached hydrogens (primary N) is 1. The summed E-state index contributed by atoms with van der Waals surface area (Å²) in [5.74, 6) is 1.78. The van der Waals surface area contributed by atoms with Gasteiger partial charge in [-0.15, -0.1) is 5.11 Å². The predicted molar refractivity (Wildman–Crippen MR) is 105 cm³/mol. The first-order valence-electron chi connectivity index (χ1n) is 8.73. The normalized spacial score (nSPS) is 15.6. The number of hydrogen-bond donors (Lipinski definition) is 1. The van der Waals surface area contributed by atoms with Crippen molar-refractivity contribution in [3.63, 3.8) is 0 Å². The number of azo groups is 1. The van der Waals surface area contributed by atoms with E-state index in [9.17, 15) is 0 Å². The van der Waals surface area contributed by atoms with Gasteiger partial charge in [-0.1, -0.05) is 42.5 Å². The van der Waals surface area contributed by atoms with Crippen LogP contribution in [0.3, 0.4) is 0 Å². The average Bonchev–Trinajstić information content (AvgIpc) is 3.17. The Labute approximate surface area is 157 Å². The molecule has 1 atom stereocenters. The lowest BCUT2D eigenvalue weighted by molar-refractivity contribution is 0.306. The summed E-state index contributed by atoms with van der Waals surface area (Å²) in [5, 5.41) is 8.39. The molecule has 1 aliphatic rings. The van der Waals surface area contributed by atoms with Crippen molar-refractivity contribution in [3.8, 4) is 5.75 Å². The van der Waals surface area contributed by atoms with E-state index in [-0.39, 0.29) is 6.17 Å². The third-order valence-corrected chi connectivity index (χ3v) is 4.23. The molecule has 3 aromatic rings. The molecule has 4 rings (SSSR count). The molecular weight excluding hydrogens is 338 g/mol. The number of rotatable bonds is 6. The van der Waals surface area contributed by atoms with E-state index in [0.717, 1.165) is 16.9 Å². The number of nitrogens with zero attached hydrogens (tertiary/aromatic N) is 4. The van der Waals surface area contributed by atoms with Gasteiger partial charge >= 0.3 is 0 Å². The Morgan fingerprint density at radius 3 is 2.48 bits per heavy atom. The molecule has 0 fully saturated rings. The molecule has 2 heterocycles. The maximum absolute atomic E-state index is 5.88. The molecule has 0 saturated heterocycles. The summed E-state index contributed by atoms with van der Waals surface area (Å²) in [6.07, 6.45) is 2.08. The molecule has 2 N–H and O–H groups in total. The summed E-state index contributed by atoms with van der Waals surface area (Å²) in [5.41, 5.74) is 8.86. The van der Waals surface area contributed by atoms with Gasteiger partial charge in [0.15, 0.2) is 12.0 Å². The molecule has 134 valence electrons. The van der Waals surface area contributed by atoms with E-state index >= 15 is 0 Å². The van der Waals surface area contributed by atoms with Gasteiger partial charge in [0.1, 0.15) is 18.2 Å². The molecule has 1 aliphatic heterocycles. The molecule has 6 heteroatoms. The highest BCUT2D eigenvalue weighted by atomic mass is 16.5. The molecule has 0 aliphatic carbocycles. The lowest BCUT2D eigenvalue weighted by Crippen LogP contribution is -2.05. The average molecular weight is 357 g/mol. The summed E-state index contributed by atoms with van der Waals surface area (Å²) >= 11 is 0. The standard InChI is InChI=1S/C21H19N5O/c22-20-18(7-4-12-23-20)21-24-19(25-26-21)13-15-8-10-17(11-9-15)27-14-16-5-2-1-3-6-16/h1-12,19H,13-14H2,(H2,22,23). The minimum absolute atomic E-state index is 0.240. The van der Waals surface area contributed by atoms with Gasteiger partial charge in [0.05, 0.1) is 5.56 Å². The summed E-state index contributed by atoms with van der Waals surface area (Å²) in [7, 11) is 0. The van der Waals surface area contributed by atoms with E-state index in [1.807, 2.05) is 66.7 Å². The number of benzene rings is 2. The van der Waals surface area contributed by atoms with Crippen LogP contribution in [0.5, 0.6) is 5.75 Å². The van der Waals surface area contributed by atoms with Crippen LogP contribution in [0.4, 0.5) is 5.82 Å². The zero-order valence-electron chi connectivity index (χ0n) is 14.7. The number of aliphatic imine (C=N–C) groups is 1. The van der Waals surface area contributed by atoms with Gasteiger partial charge < -0.3 is 10.5 Å². The topological polar surface area (TPSA) is 85.2 Å². The predicted octanol–water partition coefficient (Wildman–Crippen LogP) is 4.02. The van der Waals surface area contributed by atoms with Crippen molar-refractivity contribution in [2.45, 2.75) is 19.2 Å². The third kappa shape index (κ3) is 4.17. The summed E-state index contributed by atoms with van der Waals surface area (Å²) in [6, 6.07) is 21.7. The fourth-order valence-electron chi connectivity index (χ4n) is 2.80. The maximum atomic E-state index is 5.88. The van der Waals surface area contributed by atoms with E-state index in [0.29, 0.717) is 30.2 Å². The summed E-state index contributed by atoms with van der Waals surface area (Å²) in [4.78, 5) is 8.61. The Hall–Kier alpha value is -3.54. The summed E-state index contributed by atoms with van der Waals surface area (Å²) < 4.78 is 5.81. The van der Waals surface area contributed by atoms with Crippen molar-refractivity contribution in [1.82, 2.24) is 4.98 Å². The van der Waals surface area contributed by atoms with Crippen LogP contribution in [0.25, 0.3) is 0 Å². The Morgan fingerprint density at radius 1 is 0.889 bits per heavy atom. The minimum Gasteiger partial charge on any atom is -0.489 e. The van der Waals surface area contributed by atoms with Crippen LogP contribution >= 0.6 is 0 Å². The Morgan fingerprint density at radius 2 is 1.70 bits per heavy atom. The first kappa shape index (κ1) is 16.9. The van der Waals surface area contributed by atoms with E-state index in [4.69, 9.17) is 10.5 Å². The lowest BCUT2D eigenvalue weighted by atomic mass is 10.1. The van der Waals surface area contributed by atoms with Crippen LogP contribution in [0, 0.1) is 0 Å². The Kier molecular flexibility index (Phi) is 4.87. The van der Waals surface area contributed by atoms with Crippen molar-refractivity contribution >= 4 is 11.7 Å². The second-order valence-electron chi connectivity index (χ2n) is 6.21. The number of aromatic nitrogens is 1. The van der Waals surface area contributed by atoms with Crippen molar-refractivity contribution in [2.24, 2.45) is 15.2 Å². The number of hydrogen-bond acceptors (Lipinski definition) is 6. The van der Waals surface area contributed by atoms with E-state index in [1.54, 1.807) is 6.20 Å². The van der Waals surface area contributed by atoms with E-state index in [1.165, 1.54) is 0 Å². The molecule has 1 unspecified atom stereocenters. The van der Waals surface area contributed by atoms with Gasteiger partial charge in [-0.25, -0.2) is 9.98 Å². The van der Waals surface area contributed by atoms with Crippen molar-refractivity contribution in [2.75, 3.05) is 5.73 Å². The van der Waals surface area contributed by atoms with Crippen LogP contribution in [-0.4, -0.2) is 17.0 Å². The molecular formula is C21H19N5O. The number of nitrogen functional groups attached to an aromatic ring is 1. The molecule has 27 heavy (non-hydrogen) atoms. The Bertz CT molecular complexity index is 967. The fourth-order valence-corrected chi connectivity index (χ4v) is 2.80. The van der Waals surface area contributed by atoms with E-state index in [2.05, 4.69) is 20.2 Å². The van der Waals surface area contributed by atoms with Gasteiger partial charge in [0.25, 0.3) is 0 Å². The third-order valence-electron chi connectivity index (χ3n) is 4.23. The SMILES string of the molecule is Nc1ncccc1C1=NC(Cc2ccc(OCc3ccccc3)cc2)N=N1. The molecule has 2 aromatic carbocycles. The second kappa shape index (κ2) is 7.78. The molecule has 6 nitrogen and oxygen atoms in total. The summed E-state index contributed by atoms with van der Waals surface area (Å²) in [6.45, 7) is 0.553. The quantitative estimate of drug-likeness (QED) is 0.723. The van der Waals surface area contributed by atoms with Crippen molar-refractivity contribution in [1.29, 1.82) is 0 Å². The van der Waals surface area contributed by atoms with Crippen LogP contribution in [0.2, 0.25) is 0 Å². The maximum Gasteiger partial charge on any atom is 0.182 e. The largest absolute Gasteiger partial charge is 0.489 e. The molecule has 0 amide bonds. The van der Waals surface area contributed by atoms with Gasteiger partial charge in [0.2, 0.25) is 0 Å². The highest BCUT2D eigenvalue weighted by molar-refractivity contribution is 6.03. The molecule has 0 saturated carbocycles. The fraction of sp³-hybridized carbons (Fsp3) is 0.143. The van der Waals surface area contributed by atoms with Gasteiger partial charge in [0, 0.05) is 12.6 Å². The Balaban J connectivity index is 1.36. The van der Waals surface area contributed by atoms with Crippen LogP contribution < -0.4 is 10.5 Å².